The number of amides is 3. The Morgan fingerprint density at radius 2 is 1.69 bits per heavy atom. The first-order valence-corrected chi connectivity index (χ1v) is 9.01. The number of hydrogen-bond donors (Lipinski definition) is 1. The van der Waals surface area contributed by atoms with Crippen LogP contribution in [-0.2, 0) is 4.79 Å². The molecular weight excluding hydrogens is 374 g/mol. The van der Waals surface area contributed by atoms with Gasteiger partial charge in [-0.2, -0.15) is 5.26 Å². The molecule has 148 valence electrons. The van der Waals surface area contributed by atoms with Gasteiger partial charge in [0.05, 0.1) is 16.7 Å². The molecule has 0 saturated carbocycles. The first-order chi connectivity index (χ1) is 13.7. The molecule has 0 radical (unpaired) electrons. The van der Waals surface area contributed by atoms with Crippen LogP contribution in [0.5, 0.6) is 0 Å². The van der Waals surface area contributed by atoms with Gasteiger partial charge in [0.2, 0.25) is 11.8 Å². The average Bonchev–Trinajstić information content (AvgIpc) is 3.10. The van der Waals surface area contributed by atoms with Gasteiger partial charge in [-0.05, 0) is 31.9 Å². The summed E-state index contributed by atoms with van der Waals surface area (Å²) in [6.07, 6.45) is 0. The molecule has 3 rings (SSSR count). The van der Waals surface area contributed by atoms with E-state index in [1.54, 1.807) is 26.0 Å². The number of Topliss-reactive ketones (excluding diaryl/α,β-unsaturated/α-hetero) is 1. The Bertz CT molecular complexity index is 1060. The molecule has 8 heteroatoms. The summed E-state index contributed by atoms with van der Waals surface area (Å²) in [5.41, 5.74) is 0.473. The Labute approximate surface area is 167 Å². The molecule has 0 bridgehead atoms. The van der Waals surface area contributed by atoms with Crippen molar-refractivity contribution in [2.75, 3.05) is 5.32 Å². The van der Waals surface area contributed by atoms with Gasteiger partial charge in [0.25, 0.3) is 11.8 Å². The van der Waals surface area contributed by atoms with Crippen LogP contribution in [-0.4, -0.2) is 34.4 Å². The van der Waals surface area contributed by atoms with Crippen molar-refractivity contribution in [1.29, 1.82) is 5.26 Å². The normalized spacial score (nSPS) is 14.0. The fraction of sp³-hybridized carbons (Fsp3) is 0.286. The van der Waals surface area contributed by atoms with Gasteiger partial charge in [0.1, 0.15) is 23.4 Å². The summed E-state index contributed by atoms with van der Waals surface area (Å²) in [5, 5.41) is 11.9. The lowest BCUT2D eigenvalue weighted by Gasteiger charge is -2.28. The standard InChI is InChI=1S/C21H19N3O5/c1-10(2)17(24-20(27)13-7-5-6-8-14(13)21(24)28)18(26)23-19-15(9-22)16(11(3)25)12(4)29-19/h5-8,10,17H,1-4H3,(H,23,26). The van der Waals surface area contributed by atoms with E-state index in [1.165, 1.54) is 26.0 Å². The summed E-state index contributed by atoms with van der Waals surface area (Å²) >= 11 is 0. The van der Waals surface area contributed by atoms with Crippen LogP contribution in [0.15, 0.2) is 28.7 Å². The second kappa shape index (κ2) is 7.36. The van der Waals surface area contributed by atoms with Crippen molar-refractivity contribution < 1.29 is 23.6 Å². The molecule has 0 fully saturated rings. The van der Waals surface area contributed by atoms with E-state index in [1.807, 2.05) is 6.07 Å². The van der Waals surface area contributed by atoms with E-state index in [9.17, 15) is 24.4 Å². The number of carbonyl (C=O) groups is 4. The lowest BCUT2D eigenvalue weighted by atomic mass is 10.0. The molecule has 1 aromatic carbocycles. The topological polar surface area (TPSA) is 120 Å². The lowest BCUT2D eigenvalue weighted by Crippen LogP contribution is -2.50. The highest BCUT2D eigenvalue weighted by atomic mass is 16.4. The summed E-state index contributed by atoms with van der Waals surface area (Å²) < 4.78 is 5.41. The minimum atomic E-state index is -1.12. The minimum Gasteiger partial charge on any atom is -0.443 e. The molecule has 1 aliphatic rings. The fourth-order valence-corrected chi connectivity index (χ4v) is 3.53. The van der Waals surface area contributed by atoms with Gasteiger partial charge >= 0.3 is 0 Å². The van der Waals surface area contributed by atoms with Crippen molar-refractivity contribution in [2.45, 2.75) is 33.7 Å². The van der Waals surface area contributed by atoms with Crippen LogP contribution in [0.25, 0.3) is 0 Å². The number of imide groups is 1. The van der Waals surface area contributed by atoms with Crippen molar-refractivity contribution in [1.82, 2.24) is 4.90 Å². The van der Waals surface area contributed by atoms with Crippen molar-refractivity contribution >= 4 is 29.4 Å². The molecule has 1 unspecified atom stereocenters. The third kappa shape index (κ3) is 3.21. The maximum atomic E-state index is 13.0. The number of anilines is 1. The third-order valence-electron chi connectivity index (χ3n) is 4.79. The summed E-state index contributed by atoms with van der Waals surface area (Å²) in [6, 6.07) is 7.10. The van der Waals surface area contributed by atoms with Crippen LogP contribution in [0.2, 0.25) is 0 Å². The summed E-state index contributed by atoms with van der Waals surface area (Å²) in [7, 11) is 0. The highest BCUT2D eigenvalue weighted by molar-refractivity contribution is 6.23. The number of rotatable bonds is 5. The van der Waals surface area contributed by atoms with Crippen molar-refractivity contribution in [3.8, 4) is 6.07 Å². The van der Waals surface area contributed by atoms with Gasteiger partial charge < -0.3 is 4.42 Å². The number of ketones is 1. The minimum absolute atomic E-state index is 0.0876. The first-order valence-electron chi connectivity index (χ1n) is 9.01. The maximum absolute atomic E-state index is 13.0. The predicted molar refractivity (Wildman–Crippen MR) is 102 cm³/mol. The number of nitriles is 1. The maximum Gasteiger partial charge on any atom is 0.262 e. The van der Waals surface area contributed by atoms with Crippen molar-refractivity contribution in [3.63, 3.8) is 0 Å². The smallest absolute Gasteiger partial charge is 0.262 e. The summed E-state index contributed by atoms with van der Waals surface area (Å²) in [5.74, 6) is -2.56. The second-order valence-electron chi connectivity index (χ2n) is 7.11. The van der Waals surface area contributed by atoms with E-state index in [4.69, 9.17) is 4.42 Å². The SMILES string of the molecule is CC(=O)c1c(C)oc(NC(=O)C(C(C)C)N2C(=O)c3ccccc3C2=O)c1C#N. The van der Waals surface area contributed by atoms with E-state index in [-0.39, 0.29) is 39.7 Å². The van der Waals surface area contributed by atoms with Crippen LogP contribution >= 0.6 is 0 Å². The first kappa shape index (κ1) is 20.0. The molecule has 3 amide bonds. The zero-order chi connectivity index (χ0) is 21.5. The van der Waals surface area contributed by atoms with E-state index in [0.29, 0.717) is 0 Å². The molecule has 29 heavy (non-hydrogen) atoms. The number of hydrogen-bond acceptors (Lipinski definition) is 6. The van der Waals surface area contributed by atoms with Crippen LogP contribution < -0.4 is 5.32 Å². The number of fused-ring (bicyclic) bond motifs is 1. The van der Waals surface area contributed by atoms with Crippen LogP contribution in [0.3, 0.4) is 0 Å². The number of benzene rings is 1. The number of nitrogens with one attached hydrogen (secondary N) is 1. The second-order valence-corrected chi connectivity index (χ2v) is 7.11. The Morgan fingerprint density at radius 1 is 1.14 bits per heavy atom. The Hall–Kier alpha value is -3.73. The highest BCUT2D eigenvalue weighted by Crippen LogP contribution is 2.30. The summed E-state index contributed by atoms with van der Waals surface area (Å²) in [6.45, 7) is 6.21. The number of nitrogens with zero attached hydrogens (tertiary/aromatic N) is 2. The van der Waals surface area contributed by atoms with Crippen LogP contribution in [0.1, 0.15) is 63.2 Å². The molecular formula is C21H19N3O5. The van der Waals surface area contributed by atoms with Gasteiger partial charge in [-0.25, -0.2) is 0 Å². The summed E-state index contributed by atoms with van der Waals surface area (Å²) in [4.78, 5) is 51.3. The molecule has 0 aliphatic carbocycles. The number of aryl methyl sites for hydroxylation is 1. The molecule has 2 heterocycles. The Kier molecular flexibility index (Phi) is 5.08. The molecule has 1 aliphatic heterocycles. The van der Waals surface area contributed by atoms with Crippen molar-refractivity contribution in [3.05, 3.63) is 52.3 Å². The van der Waals surface area contributed by atoms with Gasteiger partial charge in [0.15, 0.2) is 5.78 Å². The van der Waals surface area contributed by atoms with Gasteiger partial charge in [0, 0.05) is 0 Å². The molecule has 1 atom stereocenters. The number of carbonyl (C=O) groups excluding carboxylic acids is 4. The third-order valence-corrected chi connectivity index (χ3v) is 4.79. The lowest BCUT2D eigenvalue weighted by molar-refractivity contribution is -0.121. The monoisotopic (exact) mass is 393 g/mol. The van der Waals surface area contributed by atoms with E-state index in [2.05, 4.69) is 5.32 Å². The van der Waals surface area contributed by atoms with Gasteiger partial charge in [-0.15, -0.1) is 0 Å². The quantitative estimate of drug-likeness (QED) is 0.616. The largest absolute Gasteiger partial charge is 0.443 e. The van der Waals surface area contributed by atoms with Gasteiger partial charge in [-0.1, -0.05) is 26.0 Å². The van der Waals surface area contributed by atoms with Crippen LogP contribution in [0.4, 0.5) is 5.88 Å². The van der Waals surface area contributed by atoms with Gasteiger partial charge in [-0.3, -0.25) is 29.4 Å². The molecule has 1 N–H and O–H groups in total. The Balaban J connectivity index is 1.97. The molecule has 0 spiro atoms. The van der Waals surface area contributed by atoms with Crippen LogP contribution in [0, 0.1) is 24.2 Å². The highest BCUT2D eigenvalue weighted by Gasteiger charge is 2.44. The molecule has 1 aromatic heterocycles. The van der Waals surface area contributed by atoms with Crippen molar-refractivity contribution in [2.24, 2.45) is 5.92 Å². The molecule has 2 aromatic rings. The number of furan rings is 1. The molecule has 8 nitrogen and oxygen atoms in total. The predicted octanol–water partition coefficient (Wildman–Crippen LogP) is 2.92. The zero-order valence-electron chi connectivity index (χ0n) is 16.4. The van der Waals surface area contributed by atoms with E-state index < -0.39 is 29.7 Å². The Morgan fingerprint density at radius 3 is 2.14 bits per heavy atom. The fourth-order valence-electron chi connectivity index (χ4n) is 3.53. The average molecular weight is 393 g/mol. The zero-order valence-corrected chi connectivity index (χ0v) is 16.4. The van der Waals surface area contributed by atoms with E-state index >= 15 is 0 Å². The van der Waals surface area contributed by atoms with E-state index in [0.717, 1.165) is 4.90 Å². The molecule has 0 saturated heterocycles.